The Morgan fingerprint density at radius 2 is 1.88 bits per heavy atom. The third kappa shape index (κ3) is 2.58. The van der Waals surface area contributed by atoms with Gasteiger partial charge in [-0.05, 0) is 24.6 Å². The molecule has 2 N–H and O–H groups in total. The Morgan fingerprint density at radius 1 is 1.24 bits per heavy atom. The van der Waals surface area contributed by atoms with E-state index in [2.05, 4.69) is 34.1 Å². The van der Waals surface area contributed by atoms with Gasteiger partial charge in [-0.1, -0.05) is 12.1 Å². The molecule has 4 heteroatoms. The molecule has 1 aromatic carbocycles. The van der Waals surface area contributed by atoms with Crippen molar-refractivity contribution in [3.05, 3.63) is 41.3 Å². The molecule has 90 valence electrons. The second kappa shape index (κ2) is 4.49. The molecule has 1 heterocycles. The number of nitrogens with two attached hydrogens (primary N) is 1. The molecule has 0 unspecified atom stereocenters. The van der Waals surface area contributed by atoms with E-state index < -0.39 is 0 Å². The molecule has 0 fully saturated rings. The summed E-state index contributed by atoms with van der Waals surface area (Å²) in [4.78, 5) is 6.13. The normalized spacial score (nSPS) is 10.5. The monoisotopic (exact) mass is 231 g/mol. The number of nitrogen functional groups attached to an aromatic ring is 1. The fourth-order valence-electron chi connectivity index (χ4n) is 1.71. The highest BCUT2D eigenvalue weighted by Gasteiger charge is 2.08. The van der Waals surface area contributed by atoms with Crippen LogP contribution in [0.5, 0.6) is 0 Å². The van der Waals surface area contributed by atoms with E-state index in [4.69, 9.17) is 10.2 Å². The number of aryl methyl sites for hydroxylation is 1. The molecule has 0 aliphatic heterocycles. The summed E-state index contributed by atoms with van der Waals surface area (Å²) in [5, 5.41) is 0. The Balaban J connectivity index is 2.16. The molecular formula is C13H17N3O. The Bertz CT molecular complexity index is 500. The Kier molecular flexibility index (Phi) is 3.04. The van der Waals surface area contributed by atoms with E-state index in [0.29, 0.717) is 0 Å². The lowest BCUT2D eigenvalue weighted by molar-refractivity contribution is 0.532. The highest BCUT2D eigenvalue weighted by atomic mass is 16.4. The summed E-state index contributed by atoms with van der Waals surface area (Å²) in [6.07, 6.45) is 0.726. The van der Waals surface area contributed by atoms with Crippen molar-refractivity contribution < 1.29 is 4.42 Å². The van der Waals surface area contributed by atoms with Gasteiger partial charge in [-0.25, -0.2) is 0 Å². The van der Waals surface area contributed by atoms with E-state index in [0.717, 1.165) is 17.9 Å². The number of rotatable bonds is 3. The van der Waals surface area contributed by atoms with Crippen LogP contribution in [-0.4, -0.2) is 19.1 Å². The first-order valence-corrected chi connectivity index (χ1v) is 5.54. The number of hydrogen-bond acceptors (Lipinski definition) is 4. The van der Waals surface area contributed by atoms with Crippen LogP contribution in [-0.2, 0) is 6.42 Å². The van der Waals surface area contributed by atoms with Gasteiger partial charge in [0.1, 0.15) is 5.76 Å². The quantitative estimate of drug-likeness (QED) is 0.880. The number of anilines is 2. The predicted octanol–water partition coefficient (Wildman–Crippen LogP) is 2.22. The van der Waals surface area contributed by atoms with Gasteiger partial charge in [-0.15, -0.1) is 0 Å². The van der Waals surface area contributed by atoms with Crippen LogP contribution in [0.15, 0.2) is 28.7 Å². The van der Waals surface area contributed by atoms with Gasteiger partial charge in [-0.2, -0.15) is 4.98 Å². The molecular weight excluding hydrogens is 214 g/mol. The first-order valence-electron chi connectivity index (χ1n) is 5.54. The SMILES string of the molecule is Cc1nc(N)oc1Cc1ccc(N(C)C)cc1. The summed E-state index contributed by atoms with van der Waals surface area (Å²) in [6.45, 7) is 1.91. The van der Waals surface area contributed by atoms with E-state index in [1.807, 2.05) is 21.0 Å². The first kappa shape index (κ1) is 11.5. The van der Waals surface area contributed by atoms with Gasteiger partial charge < -0.3 is 15.1 Å². The fourth-order valence-corrected chi connectivity index (χ4v) is 1.71. The summed E-state index contributed by atoms with van der Waals surface area (Å²) in [7, 11) is 4.05. The molecule has 2 aromatic rings. The van der Waals surface area contributed by atoms with Crippen LogP contribution >= 0.6 is 0 Å². The van der Waals surface area contributed by atoms with Crippen molar-refractivity contribution in [2.75, 3.05) is 24.7 Å². The standard InChI is InChI=1S/C13H17N3O/c1-9-12(17-13(14)15-9)8-10-4-6-11(7-5-10)16(2)3/h4-7H,8H2,1-3H3,(H2,14,15). The van der Waals surface area contributed by atoms with Gasteiger partial charge in [0.05, 0.1) is 5.69 Å². The molecule has 17 heavy (non-hydrogen) atoms. The highest BCUT2D eigenvalue weighted by molar-refractivity contribution is 5.46. The Hall–Kier alpha value is -1.97. The lowest BCUT2D eigenvalue weighted by atomic mass is 10.1. The molecule has 0 amide bonds. The molecule has 0 radical (unpaired) electrons. The molecule has 0 atom stereocenters. The van der Waals surface area contributed by atoms with Gasteiger partial charge in [0.25, 0.3) is 6.01 Å². The van der Waals surface area contributed by atoms with Gasteiger partial charge in [0.15, 0.2) is 0 Å². The second-order valence-corrected chi connectivity index (χ2v) is 4.30. The minimum absolute atomic E-state index is 0.238. The van der Waals surface area contributed by atoms with Crippen LogP contribution in [0.3, 0.4) is 0 Å². The molecule has 1 aromatic heterocycles. The van der Waals surface area contributed by atoms with Crippen molar-refractivity contribution in [2.24, 2.45) is 0 Å². The first-order chi connectivity index (χ1) is 8.06. The van der Waals surface area contributed by atoms with Gasteiger partial charge >= 0.3 is 0 Å². The summed E-state index contributed by atoms with van der Waals surface area (Å²) in [5.74, 6) is 0.833. The summed E-state index contributed by atoms with van der Waals surface area (Å²) < 4.78 is 5.35. The van der Waals surface area contributed by atoms with Crippen LogP contribution in [0, 0.1) is 6.92 Å². The fraction of sp³-hybridized carbons (Fsp3) is 0.308. The minimum atomic E-state index is 0.238. The second-order valence-electron chi connectivity index (χ2n) is 4.30. The lowest BCUT2D eigenvalue weighted by Crippen LogP contribution is -2.08. The number of aromatic nitrogens is 1. The lowest BCUT2D eigenvalue weighted by Gasteiger charge is -2.12. The molecule has 4 nitrogen and oxygen atoms in total. The molecule has 0 saturated carbocycles. The number of hydrogen-bond donors (Lipinski definition) is 1. The third-order valence-corrected chi connectivity index (χ3v) is 2.73. The topological polar surface area (TPSA) is 55.3 Å². The summed E-state index contributed by atoms with van der Waals surface area (Å²) in [6, 6.07) is 8.60. The van der Waals surface area contributed by atoms with E-state index in [9.17, 15) is 0 Å². The third-order valence-electron chi connectivity index (χ3n) is 2.73. The van der Waals surface area contributed by atoms with Crippen LogP contribution in [0.25, 0.3) is 0 Å². The number of nitrogens with zero attached hydrogens (tertiary/aromatic N) is 2. The largest absolute Gasteiger partial charge is 0.428 e. The van der Waals surface area contributed by atoms with Gasteiger partial charge in [0, 0.05) is 26.2 Å². The smallest absolute Gasteiger partial charge is 0.292 e. The van der Waals surface area contributed by atoms with Crippen molar-refractivity contribution >= 4 is 11.7 Å². The maximum absolute atomic E-state index is 5.51. The Morgan fingerprint density at radius 3 is 2.35 bits per heavy atom. The van der Waals surface area contributed by atoms with Crippen molar-refractivity contribution in [1.82, 2.24) is 4.98 Å². The zero-order chi connectivity index (χ0) is 12.4. The van der Waals surface area contributed by atoms with Gasteiger partial charge in [0.2, 0.25) is 0 Å². The molecule has 0 spiro atoms. The number of benzene rings is 1. The van der Waals surface area contributed by atoms with Gasteiger partial charge in [-0.3, -0.25) is 0 Å². The van der Waals surface area contributed by atoms with E-state index in [1.165, 1.54) is 11.3 Å². The molecule has 0 bridgehead atoms. The Labute approximate surface area is 101 Å². The molecule has 2 rings (SSSR count). The van der Waals surface area contributed by atoms with E-state index in [1.54, 1.807) is 0 Å². The molecule has 0 saturated heterocycles. The maximum Gasteiger partial charge on any atom is 0.292 e. The minimum Gasteiger partial charge on any atom is -0.428 e. The molecule has 0 aliphatic carbocycles. The van der Waals surface area contributed by atoms with Crippen LogP contribution in [0.2, 0.25) is 0 Å². The predicted molar refractivity (Wildman–Crippen MR) is 69.2 cm³/mol. The van der Waals surface area contributed by atoms with Crippen molar-refractivity contribution in [2.45, 2.75) is 13.3 Å². The number of oxazole rings is 1. The van der Waals surface area contributed by atoms with Crippen LogP contribution in [0.4, 0.5) is 11.7 Å². The van der Waals surface area contributed by atoms with E-state index in [-0.39, 0.29) is 6.01 Å². The van der Waals surface area contributed by atoms with Crippen LogP contribution in [0.1, 0.15) is 17.0 Å². The average Bonchev–Trinajstić information content (AvgIpc) is 2.58. The van der Waals surface area contributed by atoms with Crippen molar-refractivity contribution in [3.63, 3.8) is 0 Å². The van der Waals surface area contributed by atoms with E-state index >= 15 is 0 Å². The highest BCUT2D eigenvalue weighted by Crippen LogP contribution is 2.18. The summed E-state index contributed by atoms with van der Waals surface area (Å²) >= 11 is 0. The van der Waals surface area contributed by atoms with Crippen molar-refractivity contribution in [3.8, 4) is 0 Å². The van der Waals surface area contributed by atoms with Crippen LogP contribution < -0.4 is 10.6 Å². The summed E-state index contributed by atoms with van der Waals surface area (Å²) in [5.41, 5.74) is 8.75. The zero-order valence-electron chi connectivity index (χ0n) is 10.4. The maximum atomic E-state index is 5.51. The zero-order valence-corrected chi connectivity index (χ0v) is 10.4. The molecule has 0 aliphatic rings. The average molecular weight is 231 g/mol. The van der Waals surface area contributed by atoms with Crippen molar-refractivity contribution in [1.29, 1.82) is 0 Å².